The highest BCUT2D eigenvalue weighted by atomic mass is 31.2. The number of phosphoric ester groups is 1. The maximum absolute atomic E-state index is 10.5. The Labute approximate surface area is 137 Å². The van der Waals surface area contributed by atoms with Crippen LogP contribution in [0.5, 0.6) is 5.75 Å². The van der Waals surface area contributed by atoms with Crippen molar-refractivity contribution < 1.29 is 48.8 Å². The number of aliphatic hydroxyl groups excluding tert-OH is 4. The monoisotopic (exact) mass is 364 g/mol. The molecule has 1 aromatic rings. The van der Waals surface area contributed by atoms with Crippen molar-refractivity contribution in [3.8, 4) is 5.75 Å². The summed E-state index contributed by atoms with van der Waals surface area (Å²) < 4.78 is 25.1. The molecule has 0 aliphatic carbocycles. The van der Waals surface area contributed by atoms with E-state index in [9.17, 15) is 34.8 Å². The molecule has 0 spiro atoms. The van der Waals surface area contributed by atoms with Crippen molar-refractivity contribution in [3.05, 3.63) is 29.8 Å². The molecule has 0 radical (unpaired) electrons. The Bertz CT molecular complexity index is 590. The van der Waals surface area contributed by atoms with E-state index < -0.39 is 45.1 Å². The molecule has 136 valence electrons. The summed E-state index contributed by atoms with van der Waals surface area (Å²) in [6, 6.07) is 6.28. The summed E-state index contributed by atoms with van der Waals surface area (Å²) >= 11 is 0. The number of para-hydroxylation sites is 1. The fourth-order valence-corrected chi connectivity index (χ4v) is 2.52. The SMILES string of the molecule is O=P([O-])([O-])OC[C@H]1O[C@@H](Oc2ccccc2CO)[C@H](O)[C@@H](O)[C@@H]1O. The second-order valence-corrected chi connectivity index (χ2v) is 6.29. The highest BCUT2D eigenvalue weighted by Crippen LogP contribution is 2.30. The molecule has 0 amide bonds. The largest absolute Gasteiger partial charge is 0.790 e. The van der Waals surface area contributed by atoms with Gasteiger partial charge in [-0.05, 0) is 6.07 Å². The van der Waals surface area contributed by atoms with Gasteiger partial charge in [0.2, 0.25) is 6.29 Å². The first-order chi connectivity index (χ1) is 11.2. The third kappa shape index (κ3) is 4.73. The van der Waals surface area contributed by atoms with Gasteiger partial charge >= 0.3 is 0 Å². The molecule has 4 N–H and O–H groups in total. The molecule has 1 heterocycles. The van der Waals surface area contributed by atoms with Gasteiger partial charge in [-0.2, -0.15) is 0 Å². The van der Waals surface area contributed by atoms with Crippen LogP contribution in [-0.4, -0.2) is 57.7 Å². The Kier molecular flexibility index (Phi) is 6.32. The normalized spacial score (nSPS) is 31.0. The summed E-state index contributed by atoms with van der Waals surface area (Å²) in [6.45, 7) is -1.21. The number of benzene rings is 1. The average Bonchev–Trinajstić information content (AvgIpc) is 2.54. The van der Waals surface area contributed by atoms with Crippen LogP contribution in [0.15, 0.2) is 24.3 Å². The van der Waals surface area contributed by atoms with E-state index in [1.165, 1.54) is 6.07 Å². The Morgan fingerprint density at radius 2 is 1.79 bits per heavy atom. The van der Waals surface area contributed by atoms with Crippen molar-refractivity contribution in [2.24, 2.45) is 0 Å². The topological polar surface area (TPSA) is 172 Å². The highest BCUT2D eigenvalue weighted by Gasteiger charge is 2.45. The Balaban J connectivity index is 2.12. The van der Waals surface area contributed by atoms with E-state index in [1.54, 1.807) is 18.2 Å². The van der Waals surface area contributed by atoms with Crippen molar-refractivity contribution in [1.82, 2.24) is 0 Å². The summed E-state index contributed by atoms with van der Waals surface area (Å²) in [6.07, 6.45) is -7.99. The summed E-state index contributed by atoms with van der Waals surface area (Å²) in [7, 11) is -5.30. The molecule has 10 nitrogen and oxygen atoms in total. The van der Waals surface area contributed by atoms with Crippen LogP contribution in [-0.2, 0) is 20.4 Å². The zero-order valence-electron chi connectivity index (χ0n) is 12.3. The standard InChI is InChI=1S/C13H19O10P/c14-5-7-3-1-2-4-8(7)22-13-12(17)11(16)10(15)9(23-13)6-21-24(18,19)20/h1-4,9-17H,5-6H2,(H2,18,19,20)/p-2/t9-,10-,11+,12-,13-/m1/s1. The van der Waals surface area contributed by atoms with E-state index in [0.29, 0.717) is 5.56 Å². The first kappa shape index (κ1) is 19.3. The molecule has 1 aliphatic rings. The Morgan fingerprint density at radius 3 is 2.42 bits per heavy atom. The average molecular weight is 364 g/mol. The lowest BCUT2D eigenvalue weighted by Gasteiger charge is -2.41. The molecule has 1 aliphatic heterocycles. The lowest BCUT2D eigenvalue weighted by Crippen LogP contribution is -2.60. The van der Waals surface area contributed by atoms with Crippen LogP contribution in [0.2, 0.25) is 0 Å². The van der Waals surface area contributed by atoms with Crippen LogP contribution < -0.4 is 14.5 Å². The fourth-order valence-electron chi connectivity index (χ4n) is 2.19. The van der Waals surface area contributed by atoms with Crippen molar-refractivity contribution in [2.75, 3.05) is 6.61 Å². The zero-order valence-corrected chi connectivity index (χ0v) is 13.2. The van der Waals surface area contributed by atoms with Crippen LogP contribution >= 0.6 is 7.82 Å². The van der Waals surface area contributed by atoms with E-state index in [1.807, 2.05) is 0 Å². The predicted molar refractivity (Wildman–Crippen MR) is 73.2 cm³/mol. The maximum atomic E-state index is 10.5. The number of phosphoric acid groups is 1. The second kappa shape index (κ2) is 7.87. The molecule has 1 saturated heterocycles. The van der Waals surface area contributed by atoms with Crippen molar-refractivity contribution >= 4 is 7.82 Å². The van der Waals surface area contributed by atoms with E-state index >= 15 is 0 Å². The Hall–Kier alpha value is -1.07. The smallest absolute Gasteiger partial charge is 0.229 e. The molecule has 0 bridgehead atoms. The van der Waals surface area contributed by atoms with Crippen molar-refractivity contribution in [3.63, 3.8) is 0 Å². The van der Waals surface area contributed by atoms with Gasteiger partial charge in [0.25, 0.3) is 0 Å². The van der Waals surface area contributed by atoms with Gasteiger partial charge in [-0.25, -0.2) is 0 Å². The van der Waals surface area contributed by atoms with Crippen molar-refractivity contribution in [1.29, 1.82) is 0 Å². The minimum Gasteiger partial charge on any atom is -0.790 e. The molecule has 5 atom stereocenters. The van der Waals surface area contributed by atoms with E-state index in [2.05, 4.69) is 4.52 Å². The molecule has 1 aromatic carbocycles. The lowest BCUT2D eigenvalue weighted by atomic mass is 9.99. The van der Waals surface area contributed by atoms with Crippen LogP contribution in [0.4, 0.5) is 0 Å². The predicted octanol–water partition coefficient (Wildman–Crippen LogP) is -2.79. The third-order valence-electron chi connectivity index (χ3n) is 3.45. The van der Waals surface area contributed by atoms with Gasteiger partial charge in [-0.1, -0.05) is 18.2 Å². The van der Waals surface area contributed by atoms with Crippen molar-refractivity contribution in [2.45, 2.75) is 37.3 Å². The van der Waals surface area contributed by atoms with Gasteiger partial charge in [0.1, 0.15) is 30.2 Å². The first-order valence-corrected chi connectivity index (χ1v) is 8.40. The summed E-state index contributed by atoms with van der Waals surface area (Å²) in [5, 5.41) is 38.8. The number of rotatable bonds is 6. The van der Waals surface area contributed by atoms with E-state index in [-0.39, 0.29) is 12.4 Å². The van der Waals surface area contributed by atoms with Crippen LogP contribution in [0, 0.1) is 0 Å². The van der Waals surface area contributed by atoms with Gasteiger partial charge < -0.3 is 48.8 Å². The molecule has 0 aromatic heterocycles. The zero-order chi connectivity index (χ0) is 17.9. The molecule has 0 unspecified atom stereocenters. The molecule has 11 heteroatoms. The summed E-state index contributed by atoms with van der Waals surface area (Å²) in [4.78, 5) is 21.0. The van der Waals surface area contributed by atoms with Gasteiger partial charge in [0.05, 0.1) is 21.0 Å². The Morgan fingerprint density at radius 1 is 1.12 bits per heavy atom. The second-order valence-electron chi connectivity index (χ2n) is 5.14. The summed E-state index contributed by atoms with van der Waals surface area (Å²) in [5.74, 6) is 0.158. The van der Waals surface area contributed by atoms with Crippen LogP contribution in [0.3, 0.4) is 0 Å². The quantitative estimate of drug-likeness (QED) is 0.387. The van der Waals surface area contributed by atoms with Crippen LogP contribution in [0.1, 0.15) is 5.56 Å². The highest BCUT2D eigenvalue weighted by molar-refractivity contribution is 7.43. The molecule has 1 fully saturated rings. The molecule has 24 heavy (non-hydrogen) atoms. The molecular weight excluding hydrogens is 347 g/mol. The number of ether oxygens (including phenoxy) is 2. The molecular formula is C13H17O10P-2. The van der Waals surface area contributed by atoms with Crippen LogP contribution in [0.25, 0.3) is 0 Å². The molecule has 0 saturated carbocycles. The first-order valence-electron chi connectivity index (χ1n) is 6.94. The summed E-state index contributed by atoms with van der Waals surface area (Å²) in [5.41, 5.74) is 0.380. The van der Waals surface area contributed by atoms with Gasteiger partial charge in [-0.3, -0.25) is 0 Å². The molecule has 2 rings (SSSR count). The van der Waals surface area contributed by atoms with E-state index in [4.69, 9.17) is 9.47 Å². The maximum Gasteiger partial charge on any atom is 0.229 e. The van der Waals surface area contributed by atoms with E-state index in [0.717, 1.165) is 0 Å². The minimum absolute atomic E-state index is 0.158. The number of aliphatic hydroxyl groups is 4. The fraction of sp³-hybridized carbons (Fsp3) is 0.538. The van der Waals surface area contributed by atoms with Gasteiger partial charge in [0.15, 0.2) is 0 Å². The van der Waals surface area contributed by atoms with Gasteiger partial charge in [0, 0.05) is 5.56 Å². The third-order valence-corrected chi connectivity index (χ3v) is 3.92. The minimum atomic E-state index is -5.30. The number of hydrogen-bond acceptors (Lipinski definition) is 10. The van der Waals surface area contributed by atoms with Gasteiger partial charge in [-0.15, -0.1) is 0 Å². The lowest BCUT2D eigenvalue weighted by molar-refractivity contribution is -0.346. The number of hydrogen-bond donors (Lipinski definition) is 4.